The fourth-order valence-corrected chi connectivity index (χ4v) is 1.40. The summed E-state index contributed by atoms with van der Waals surface area (Å²) in [6, 6.07) is 0. The molecule has 1 heterocycles. The molecule has 2 rings (SSSR count). The Morgan fingerprint density at radius 1 is 1.75 bits per heavy atom. The Balaban J connectivity index is 2.28. The SMILES string of the molecule is CCn1cc(C2(C=O)CC2)cn1. The van der Waals surface area contributed by atoms with Gasteiger partial charge in [0, 0.05) is 18.3 Å². The third-order valence-electron chi connectivity index (χ3n) is 2.55. The van der Waals surface area contributed by atoms with Crippen LogP contribution in [0.3, 0.4) is 0 Å². The number of nitrogens with zero attached hydrogens (tertiary/aromatic N) is 2. The lowest BCUT2D eigenvalue weighted by atomic mass is 10.0. The van der Waals surface area contributed by atoms with Crippen molar-refractivity contribution in [2.24, 2.45) is 0 Å². The summed E-state index contributed by atoms with van der Waals surface area (Å²) in [5.74, 6) is 0. The van der Waals surface area contributed by atoms with Gasteiger partial charge in [0.25, 0.3) is 0 Å². The van der Waals surface area contributed by atoms with Crippen molar-refractivity contribution >= 4 is 6.29 Å². The van der Waals surface area contributed by atoms with Gasteiger partial charge in [-0.1, -0.05) is 0 Å². The first kappa shape index (κ1) is 7.53. The minimum atomic E-state index is -0.159. The van der Waals surface area contributed by atoms with Gasteiger partial charge in [-0.25, -0.2) is 0 Å². The monoisotopic (exact) mass is 164 g/mol. The number of aryl methyl sites for hydroxylation is 1. The summed E-state index contributed by atoms with van der Waals surface area (Å²) < 4.78 is 1.86. The second-order valence-electron chi connectivity index (χ2n) is 3.36. The zero-order valence-corrected chi connectivity index (χ0v) is 7.16. The van der Waals surface area contributed by atoms with Crippen LogP contribution < -0.4 is 0 Å². The quantitative estimate of drug-likeness (QED) is 0.628. The van der Waals surface area contributed by atoms with Crippen molar-refractivity contribution in [1.29, 1.82) is 0 Å². The first-order valence-electron chi connectivity index (χ1n) is 4.30. The Labute approximate surface area is 71.4 Å². The predicted octanol–water partition coefficient (Wildman–Crippen LogP) is 1.13. The van der Waals surface area contributed by atoms with E-state index in [4.69, 9.17) is 0 Å². The average Bonchev–Trinajstić information content (AvgIpc) is 2.77. The Morgan fingerprint density at radius 3 is 2.92 bits per heavy atom. The lowest BCUT2D eigenvalue weighted by Gasteiger charge is -2.00. The van der Waals surface area contributed by atoms with E-state index in [0.717, 1.165) is 31.2 Å². The van der Waals surface area contributed by atoms with Crippen LogP contribution in [0.2, 0.25) is 0 Å². The molecule has 0 spiro atoms. The molecule has 0 aromatic carbocycles. The van der Waals surface area contributed by atoms with Crippen LogP contribution in [0, 0.1) is 0 Å². The highest BCUT2D eigenvalue weighted by molar-refractivity contribution is 5.72. The molecule has 64 valence electrons. The van der Waals surface area contributed by atoms with Crippen LogP contribution in [0.5, 0.6) is 0 Å². The highest BCUT2D eigenvalue weighted by Crippen LogP contribution is 2.45. The van der Waals surface area contributed by atoms with Crippen LogP contribution in [0.4, 0.5) is 0 Å². The topological polar surface area (TPSA) is 34.9 Å². The molecule has 1 aliphatic carbocycles. The smallest absolute Gasteiger partial charge is 0.130 e. The Bertz CT molecular complexity index is 299. The third kappa shape index (κ3) is 0.967. The van der Waals surface area contributed by atoms with Crippen molar-refractivity contribution in [3.8, 4) is 0 Å². The molecule has 0 N–H and O–H groups in total. The summed E-state index contributed by atoms with van der Waals surface area (Å²) in [5, 5.41) is 4.15. The molecule has 3 nitrogen and oxygen atoms in total. The van der Waals surface area contributed by atoms with Crippen LogP contribution in [0.15, 0.2) is 12.4 Å². The minimum absolute atomic E-state index is 0.159. The van der Waals surface area contributed by atoms with Crippen molar-refractivity contribution in [2.75, 3.05) is 0 Å². The zero-order valence-electron chi connectivity index (χ0n) is 7.16. The van der Waals surface area contributed by atoms with Crippen LogP contribution in [-0.2, 0) is 16.8 Å². The molecular formula is C9H12N2O. The van der Waals surface area contributed by atoms with Gasteiger partial charge in [0.05, 0.1) is 11.6 Å². The van der Waals surface area contributed by atoms with Crippen molar-refractivity contribution in [2.45, 2.75) is 31.7 Å². The standard InChI is InChI=1S/C9H12N2O/c1-2-11-6-8(5-10-11)9(7-12)3-4-9/h5-7H,2-4H2,1H3. The Morgan fingerprint density at radius 2 is 2.50 bits per heavy atom. The van der Waals surface area contributed by atoms with E-state index in [1.165, 1.54) is 0 Å². The number of aromatic nitrogens is 2. The number of carbonyl (C=O) groups is 1. The summed E-state index contributed by atoms with van der Waals surface area (Å²) in [4.78, 5) is 10.8. The van der Waals surface area contributed by atoms with E-state index >= 15 is 0 Å². The van der Waals surface area contributed by atoms with Gasteiger partial charge in [0.1, 0.15) is 6.29 Å². The van der Waals surface area contributed by atoms with E-state index in [2.05, 4.69) is 5.10 Å². The molecule has 1 aliphatic rings. The van der Waals surface area contributed by atoms with E-state index < -0.39 is 0 Å². The molecule has 12 heavy (non-hydrogen) atoms. The molecule has 1 fully saturated rings. The van der Waals surface area contributed by atoms with Gasteiger partial charge in [-0.3, -0.25) is 4.68 Å². The maximum atomic E-state index is 10.8. The van der Waals surface area contributed by atoms with Gasteiger partial charge in [0.2, 0.25) is 0 Å². The molecule has 0 atom stereocenters. The van der Waals surface area contributed by atoms with Gasteiger partial charge in [-0.05, 0) is 19.8 Å². The van der Waals surface area contributed by atoms with Gasteiger partial charge < -0.3 is 4.79 Å². The normalized spacial score (nSPS) is 19.1. The van der Waals surface area contributed by atoms with E-state index in [0.29, 0.717) is 0 Å². The summed E-state index contributed by atoms with van der Waals surface area (Å²) in [6.45, 7) is 2.91. The Hall–Kier alpha value is -1.12. The van der Waals surface area contributed by atoms with Crippen molar-refractivity contribution in [1.82, 2.24) is 9.78 Å². The lowest BCUT2D eigenvalue weighted by molar-refractivity contribution is -0.109. The number of aldehydes is 1. The predicted molar refractivity (Wildman–Crippen MR) is 44.9 cm³/mol. The van der Waals surface area contributed by atoms with Crippen molar-refractivity contribution in [3.05, 3.63) is 18.0 Å². The first-order valence-corrected chi connectivity index (χ1v) is 4.30. The van der Waals surface area contributed by atoms with Crippen molar-refractivity contribution in [3.63, 3.8) is 0 Å². The fraction of sp³-hybridized carbons (Fsp3) is 0.556. The minimum Gasteiger partial charge on any atom is -0.302 e. The molecule has 1 aromatic rings. The summed E-state index contributed by atoms with van der Waals surface area (Å²) in [6.07, 6.45) is 6.83. The summed E-state index contributed by atoms with van der Waals surface area (Å²) in [5.41, 5.74) is 0.923. The fourth-order valence-electron chi connectivity index (χ4n) is 1.40. The highest BCUT2D eigenvalue weighted by atomic mass is 16.1. The Kier molecular flexibility index (Phi) is 1.53. The maximum Gasteiger partial charge on any atom is 0.130 e. The van der Waals surface area contributed by atoms with E-state index in [9.17, 15) is 4.79 Å². The molecule has 0 aliphatic heterocycles. The van der Waals surface area contributed by atoms with Crippen LogP contribution >= 0.6 is 0 Å². The van der Waals surface area contributed by atoms with Crippen LogP contribution in [0.1, 0.15) is 25.3 Å². The number of carbonyl (C=O) groups excluding carboxylic acids is 1. The summed E-state index contributed by atoms with van der Waals surface area (Å²) in [7, 11) is 0. The maximum absolute atomic E-state index is 10.8. The number of hydrogen-bond donors (Lipinski definition) is 0. The lowest BCUT2D eigenvalue weighted by Crippen LogP contribution is -2.06. The molecule has 1 saturated carbocycles. The van der Waals surface area contributed by atoms with Gasteiger partial charge in [0.15, 0.2) is 0 Å². The van der Waals surface area contributed by atoms with Gasteiger partial charge >= 0.3 is 0 Å². The van der Waals surface area contributed by atoms with Crippen LogP contribution in [-0.4, -0.2) is 16.1 Å². The molecule has 0 saturated heterocycles. The molecule has 3 heteroatoms. The highest BCUT2D eigenvalue weighted by Gasteiger charge is 2.45. The van der Waals surface area contributed by atoms with Crippen LogP contribution in [0.25, 0.3) is 0 Å². The van der Waals surface area contributed by atoms with Crippen molar-refractivity contribution < 1.29 is 4.79 Å². The van der Waals surface area contributed by atoms with Gasteiger partial charge in [-0.2, -0.15) is 5.10 Å². The molecule has 0 unspecified atom stereocenters. The molecule has 0 bridgehead atoms. The second kappa shape index (κ2) is 2.44. The second-order valence-corrected chi connectivity index (χ2v) is 3.36. The van der Waals surface area contributed by atoms with Gasteiger partial charge in [-0.15, -0.1) is 0 Å². The molecule has 0 amide bonds. The first-order chi connectivity index (χ1) is 5.80. The van der Waals surface area contributed by atoms with E-state index in [1.54, 1.807) is 0 Å². The molecule has 1 aromatic heterocycles. The number of rotatable bonds is 3. The summed E-state index contributed by atoms with van der Waals surface area (Å²) >= 11 is 0. The largest absolute Gasteiger partial charge is 0.302 e. The number of hydrogen-bond acceptors (Lipinski definition) is 2. The average molecular weight is 164 g/mol. The molecule has 0 radical (unpaired) electrons. The zero-order chi connectivity index (χ0) is 8.60. The van der Waals surface area contributed by atoms with E-state index in [-0.39, 0.29) is 5.41 Å². The van der Waals surface area contributed by atoms with E-state index in [1.807, 2.05) is 24.0 Å². The third-order valence-corrected chi connectivity index (χ3v) is 2.55. The molecular weight excluding hydrogens is 152 g/mol.